The molecule has 0 saturated heterocycles. The fraction of sp³-hybridized carbons (Fsp3) is 0.385. The Morgan fingerprint density at radius 2 is 1.70 bits per heavy atom. The fourth-order valence-electron chi connectivity index (χ4n) is 1.58. The predicted molar refractivity (Wildman–Crippen MR) is 79.6 cm³/mol. The van der Waals surface area contributed by atoms with Crippen LogP contribution in [-0.2, 0) is 4.79 Å². The zero-order chi connectivity index (χ0) is 15.0. The third-order valence-corrected chi connectivity index (χ3v) is 2.91. The van der Waals surface area contributed by atoms with Crippen LogP contribution in [0.15, 0.2) is 18.2 Å². The first-order valence-corrected chi connectivity index (χ1v) is 6.95. The van der Waals surface area contributed by atoms with Crippen LogP contribution in [0.25, 0.3) is 0 Å². The van der Waals surface area contributed by atoms with Gasteiger partial charge in [-0.3, -0.25) is 4.79 Å². The molecule has 0 atom stereocenters. The lowest BCUT2D eigenvalue weighted by Gasteiger charge is -2.08. The van der Waals surface area contributed by atoms with Crippen LogP contribution >= 0.6 is 23.2 Å². The van der Waals surface area contributed by atoms with Crippen molar-refractivity contribution in [1.82, 2.24) is 5.32 Å². The molecule has 0 heterocycles. The van der Waals surface area contributed by atoms with Gasteiger partial charge in [0, 0.05) is 28.7 Å². The molecule has 0 fully saturated rings. The number of halogens is 2. The summed E-state index contributed by atoms with van der Waals surface area (Å²) in [6.45, 7) is 0.486. The summed E-state index contributed by atoms with van der Waals surface area (Å²) in [7, 11) is 0. The number of anilines is 1. The monoisotopic (exact) mass is 318 g/mol. The van der Waals surface area contributed by atoms with Gasteiger partial charge in [0.1, 0.15) is 0 Å². The minimum Gasteiger partial charge on any atom is -0.481 e. The minimum atomic E-state index is -0.798. The Labute approximate surface area is 127 Å². The Morgan fingerprint density at radius 1 is 1.05 bits per heavy atom. The zero-order valence-electron chi connectivity index (χ0n) is 10.8. The SMILES string of the molecule is O=C(O)CCCCCNC(=O)Nc1cc(Cl)cc(Cl)c1. The van der Waals surface area contributed by atoms with E-state index >= 15 is 0 Å². The number of hydrogen-bond donors (Lipinski definition) is 3. The fourth-order valence-corrected chi connectivity index (χ4v) is 2.11. The van der Waals surface area contributed by atoms with Crippen molar-refractivity contribution < 1.29 is 14.7 Å². The van der Waals surface area contributed by atoms with Crippen LogP contribution in [0.5, 0.6) is 0 Å². The van der Waals surface area contributed by atoms with Crippen LogP contribution in [-0.4, -0.2) is 23.7 Å². The van der Waals surface area contributed by atoms with Gasteiger partial charge in [0.25, 0.3) is 0 Å². The van der Waals surface area contributed by atoms with Crippen LogP contribution in [0.2, 0.25) is 10.0 Å². The van der Waals surface area contributed by atoms with Crippen molar-refractivity contribution in [2.24, 2.45) is 0 Å². The van der Waals surface area contributed by atoms with Crippen molar-refractivity contribution in [3.05, 3.63) is 28.2 Å². The van der Waals surface area contributed by atoms with Gasteiger partial charge in [-0.2, -0.15) is 0 Å². The first-order chi connectivity index (χ1) is 9.47. The molecule has 0 saturated carbocycles. The number of nitrogens with one attached hydrogen (secondary N) is 2. The number of urea groups is 1. The molecule has 0 spiro atoms. The van der Waals surface area contributed by atoms with E-state index in [-0.39, 0.29) is 12.5 Å². The van der Waals surface area contributed by atoms with Crippen LogP contribution in [0.3, 0.4) is 0 Å². The van der Waals surface area contributed by atoms with Gasteiger partial charge in [-0.1, -0.05) is 29.6 Å². The Balaban J connectivity index is 2.21. The highest BCUT2D eigenvalue weighted by atomic mass is 35.5. The molecule has 110 valence electrons. The lowest BCUT2D eigenvalue weighted by molar-refractivity contribution is -0.137. The highest BCUT2D eigenvalue weighted by Gasteiger charge is 2.03. The van der Waals surface area contributed by atoms with Crippen LogP contribution in [0.1, 0.15) is 25.7 Å². The maximum absolute atomic E-state index is 11.6. The Kier molecular flexibility index (Phi) is 7.18. The average molecular weight is 319 g/mol. The lowest BCUT2D eigenvalue weighted by atomic mass is 10.2. The number of benzene rings is 1. The van der Waals surface area contributed by atoms with E-state index in [1.807, 2.05) is 0 Å². The number of amides is 2. The van der Waals surface area contributed by atoms with Gasteiger partial charge >= 0.3 is 12.0 Å². The maximum atomic E-state index is 11.6. The second kappa shape index (κ2) is 8.66. The molecule has 0 radical (unpaired) electrons. The largest absolute Gasteiger partial charge is 0.481 e. The third kappa shape index (κ3) is 7.21. The second-order valence-electron chi connectivity index (χ2n) is 4.24. The molecule has 20 heavy (non-hydrogen) atoms. The molecule has 0 aliphatic rings. The highest BCUT2D eigenvalue weighted by Crippen LogP contribution is 2.22. The van der Waals surface area contributed by atoms with Crippen LogP contribution in [0, 0.1) is 0 Å². The van der Waals surface area contributed by atoms with Crippen molar-refractivity contribution in [3.63, 3.8) is 0 Å². The summed E-state index contributed by atoms with van der Waals surface area (Å²) in [6.07, 6.45) is 2.27. The summed E-state index contributed by atoms with van der Waals surface area (Å²) in [6, 6.07) is 4.43. The highest BCUT2D eigenvalue weighted by molar-refractivity contribution is 6.35. The number of unbranched alkanes of at least 4 members (excludes halogenated alkanes) is 2. The minimum absolute atomic E-state index is 0.160. The molecule has 1 rings (SSSR count). The van der Waals surface area contributed by atoms with Gasteiger partial charge in [0.15, 0.2) is 0 Å². The van der Waals surface area contributed by atoms with Gasteiger partial charge in [-0.05, 0) is 31.0 Å². The van der Waals surface area contributed by atoms with Gasteiger partial charge in [-0.15, -0.1) is 0 Å². The number of carbonyl (C=O) groups is 2. The predicted octanol–water partition coefficient (Wildman–Crippen LogP) is 3.76. The number of rotatable bonds is 7. The van der Waals surface area contributed by atoms with E-state index in [1.165, 1.54) is 0 Å². The summed E-state index contributed by atoms with van der Waals surface area (Å²) < 4.78 is 0. The molecule has 1 aromatic rings. The average Bonchev–Trinajstić information content (AvgIpc) is 2.31. The van der Waals surface area contributed by atoms with Gasteiger partial charge in [-0.25, -0.2) is 4.79 Å². The Morgan fingerprint density at radius 3 is 2.30 bits per heavy atom. The number of aliphatic carboxylic acids is 1. The molecule has 7 heteroatoms. The summed E-state index contributed by atoms with van der Waals surface area (Å²) >= 11 is 11.6. The summed E-state index contributed by atoms with van der Waals surface area (Å²) in [5.74, 6) is -0.798. The molecule has 3 N–H and O–H groups in total. The summed E-state index contributed by atoms with van der Waals surface area (Å²) in [5, 5.41) is 14.7. The number of carbonyl (C=O) groups excluding carboxylic acids is 1. The number of carboxylic acid groups (broad SMARTS) is 1. The quantitative estimate of drug-likeness (QED) is 0.670. The molecule has 1 aromatic carbocycles. The molecule has 0 aliphatic heterocycles. The first-order valence-electron chi connectivity index (χ1n) is 6.20. The van der Waals surface area contributed by atoms with E-state index < -0.39 is 5.97 Å². The normalized spacial score (nSPS) is 10.1. The van der Waals surface area contributed by atoms with E-state index in [2.05, 4.69) is 10.6 Å². The van der Waals surface area contributed by atoms with E-state index in [1.54, 1.807) is 18.2 Å². The van der Waals surface area contributed by atoms with Gasteiger partial charge in [0.05, 0.1) is 0 Å². The summed E-state index contributed by atoms with van der Waals surface area (Å²) in [4.78, 5) is 21.9. The van der Waals surface area contributed by atoms with Gasteiger partial charge in [0.2, 0.25) is 0 Å². The Hall–Kier alpha value is -1.46. The smallest absolute Gasteiger partial charge is 0.319 e. The van der Waals surface area contributed by atoms with Crippen molar-refractivity contribution in [2.45, 2.75) is 25.7 Å². The van der Waals surface area contributed by atoms with Crippen molar-refractivity contribution in [3.8, 4) is 0 Å². The molecular formula is C13H16Cl2N2O3. The molecule has 2 amide bonds. The van der Waals surface area contributed by atoms with E-state index in [0.717, 1.165) is 12.8 Å². The Bertz CT molecular complexity index is 460. The number of carboxylic acids is 1. The molecular weight excluding hydrogens is 303 g/mol. The molecule has 5 nitrogen and oxygen atoms in total. The standard InChI is InChI=1S/C13H16Cl2N2O3/c14-9-6-10(15)8-11(7-9)17-13(20)16-5-3-1-2-4-12(18)19/h6-8H,1-5H2,(H,18,19)(H2,16,17,20). The molecule has 0 bridgehead atoms. The van der Waals surface area contributed by atoms with E-state index in [0.29, 0.717) is 28.7 Å². The summed E-state index contributed by atoms with van der Waals surface area (Å²) in [5.41, 5.74) is 0.519. The maximum Gasteiger partial charge on any atom is 0.319 e. The lowest BCUT2D eigenvalue weighted by Crippen LogP contribution is -2.29. The van der Waals surface area contributed by atoms with E-state index in [9.17, 15) is 9.59 Å². The molecule has 0 aliphatic carbocycles. The molecule has 0 aromatic heterocycles. The van der Waals surface area contributed by atoms with Crippen LogP contribution in [0.4, 0.5) is 10.5 Å². The van der Waals surface area contributed by atoms with Gasteiger partial charge < -0.3 is 15.7 Å². The second-order valence-corrected chi connectivity index (χ2v) is 5.12. The van der Waals surface area contributed by atoms with Crippen molar-refractivity contribution in [2.75, 3.05) is 11.9 Å². The van der Waals surface area contributed by atoms with Crippen molar-refractivity contribution >= 4 is 40.9 Å². The molecule has 0 unspecified atom stereocenters. The number of hydrogen-bond acceptors (Lipinski definition) is 2. The topological polar surface area (TPSA) is 78.4 Å². The third-order valence-electron chi connectivity index (χ3n) is 2.47. The van der Waals surface area contributed by atoms with Crippen molar-refractivity contribution in [1.29, 1.82) is 0 Å². The van der Waals surface area contributed by atoms with E-state index in [4.69, 9.17) is 28.3 Å². The van der Waals surface area contributed by atoms with Crippen LogP contribution < -0.4 is 10.6 Å². The first kappa shape index (κ1) is 16.6. The zero-order valence-corrected chi connectivity index (χ0v) is 12.3.